The minimum absolute atomic E-state index is 0.211. The molecule has 0 unspecified atom stereocenters. The predicted octanol–water partition coefficient (Wildman–Crippen LogP) is 4.89. The fraction of sp³-hybridized carbons (Fsp3) is 1.00. The van der Waals surface area contributed by atoms with Gasteiger partial charge < -0.3 is 5.73 Å². The third kappa shape index (κ3) is 3.29. The first-order valence-corrected chi connectivity index (χ1v) is 8.46. The van der Waals surface area contributed by atoms with Crippen molar-refractivity contribution in [2.45, 2.75) is 90.0 Å². The first kappa shape index (κ1) is 14.4. The van der Waals surface area contributed by atoms with Gasteiger partial charge in [-0.05, 0) is 56.3 Å². The summed E-state index contributed by atoms with van der Waals surface area (Å²) in [4.78, 5) is 0. The molecule has 2 aliphatic rings. The number of nitrogens with two attached hydrogens (primary N) is 1. The molecule has 0 radical (unpaired) electrons. The van der Waals surface area contributed by atoms with Crippen LogP contribution in [0.1, 0.15) is 84.5 Å². The Morgan fingerprint density at radius 2 is 1.50 bits per heavy atom. The molecule has 0 spiro atoms. The molecule has 0 aromatic rings. The Kier molecular flexibility index (Phi) is 5.12. The molecule has 0 aliphatic heterocycles. The van der Waals surface area contributed by atoms with Gasteiger partial charge in [0, 0.05) is 5.54 Å². The lowest BCUT2D eigenvalue weighted by molar-refractivity contribution is 0.110. The molecule has 0 saturated heterocycles. The van der Waals surface area contributed by atoms with Crippen LogP contribution in [-0.4, -0.2) is 5.54 Å². The van der Waals surface area contributed by atoms with E-state index < -0.39 is 0 Å². The molecule has 106 valence electrons. The van der Waals surface area contributed by atoms with Gasteiger partial charge in [-0.1, -0.05) is 46.0 Å². The lowest BCUT2D eigenvalue weighted by atomic mass is 9.64. The topological polar surface area (TPSA) is 26.0 Å². The van der Waals surface area contributed by atoms with Crippen LogP contribution in [0.15, 0.2) is 0 Å². The van der Waals surface area contributed by atoms with Crippen molar-refractivity contribution in [2.75, 3.05) is 0 Å². The van der Waals surface area contributed by atoms with Crippen molar-refractivity contribution in [1.82, 2.24) is 0 Å². The van der Waals surface area contributed by atoms with Crippen LogP contribution in [0, 0.1) is 17.8 Å². The average molecular weight is 251 g/mol. The standard InChI is InChI=1S/C17H33N/c1-3-5-15-10-12-17(18,13-11-15)16-8-6-14(4-2)7-9-16/h14-16H,3-13,18H2,1-2H3. The zero-order valence-corrected chi connectivity index (χ0v) is 12.6. The molecule has 0 aromatic carbocycles. The van der Waals surface area contributed by atoms with Gasteiger partial charge in [0.25, 0.3) is 0 Å². The maximum atomic E-state index is 6.78. The highest BCUT2D eigenvalue weighted by atomic mass is 14.8. The van der Waals surface area contributed by atoms with Crippen molar-refractivity contribution in [1.29, 1.82) is 0 Å². The molecule has 2 aliphatic carbocycles. The molecule has 18 heavy (non-hydrogen) atoms. The predicted molar refractivity (Wildman–Crippen MR) is 79.5 cm³/mol. The molecule has 1 nitrogen and oxygen atoms in total. The molecule has 2 saturated carbocycles. The van der Waals surface area contributed by atoms with Crippen LogP contribution < -0.4 is 5.73 Å². The lowest BCUT2D eigenvalue weighted by Gasteiger charge is -2.45. The molecular weight excluding hydrogens is 218 g/mol. The summed E-state index contributed by atoms with van der Waals surface area (Å²) < 4.78 is 0. The van der Waals surface area contributed by atoms with Crippen molar-refractivity contribution in [2.24, 2.45) is 23.5 Å². The van der Waals surface area contributed by atoms with Gasteiger partial charge in [-0.15, -0.1) is 0 Å². The van der Waals surface area contributed by atoms with Crippen molar-refractivity contribution in [3.05, 3.63) is 0 Å². The second-order valence-corrected chi connectivity index (χ2v) is 7.09. The van der Waals surface area contributed by atoms with E-state index in [4.69, 9.17) is 5.73 Å². The average Bonchev–Trinajstić information content (AvgIpc) is 2.42. The van der Waals surface area contributed by atoms with Gasteiger partial charge in [0.15, 0.2) is 0 Å². The van der Waals surface area contributed by atoms with Crippen LogP contribution in [0.4, 0.5) is 0 Å². The summed E-state index contributed by atoms with van der Waals surface area (Å²) in [7, 11) is 0. The van der Waals surface area contributed by atoms with Crippen LogP contribution in [0.2, 0.25) is 0 Å². The maximum absolute atomic E-state index is 6.78. The van der Waals surface area contributed by atoms with Gasteiger partial charge >= 0.3 is 0 Å². The van der Waals surface area contributed by atoms with E-state index in [-0.39, 0.29) is 5.54 Å². The number of hydrogen-bond donors (Lipinski definition) is 1. The summed E-state index contributed by atoms with van der Waals surface area (Å²) in [5.41, 5.74) is 6.99. The third-order valence-corrected chi connectivity index (χ3v) is 5.97. The van der Waals surface area contributed by atoms with Crippen molar-refractivity contribution in [3.8, 4) is 0 Å². The smallest absolute Gasteiger partial charge is 0.0183 e. The Hall–Kier alpha value is -0.0400. The van der Waals surface area contributed by atoms with Gasteiger partial charge in [0.05, 0.1) is 0 Å². The number of rotatable bonds is 4. The van der Waals surface area contributed by atoms with Gasteiger partial charge in [0.1, 0.15) is 0 Å². The van der Waals surface area contributed by atoms with Gasteiger partial charge in [-0.2, -0.15) is 0 Å². The summed E-state index contributed by atoms with van der Waals surface area (Å²) in [6, 6.07) is 0. The quantitative estimate of drug-likeness (QED) is 0.756. The zero-order chi connectivity index (χ0) is 13.0. The Morgan fingerprint density at radius 3 is 2.00 bits per heavy atom. The Labute approximate surface area is 114 Å². The van der Waals surface area contributed by atoms with Crippen LogP contribution in [0.3, 0.4) is 0 Å². The van der Waals surface area contributed by atoms with E-state index in [0.29, 0.717) is 0 Å². The first-order chi connectivity index (χ1) is 8.68. The van der Waals surface area contributed by atoms with E-state index in [2.05, 4.69) is 13.8 Å². The minimum atomic E-state index is 0.211. The van der Waals surface area contributed by atoms with Gasteiger partial charge in [-0.25, -0.2) is 0 Å². The van der Waals surface area contributed by atoms with Crippen LogP contribution in [-0.2, 0) is 0 Å². The van der Waals surface area contributed by atoms with E-state index in [0.717, 1.165) is 17.8 Å². The molecular formula is C17H33N. The Bertz CT molecular complexity index is 232. The van der Waals surface area contributed by atoms with Crippen LogP contribution >= 0.6 is 0 Å². The molecule has 2 fully saturated rings. The molecule has 0 bridgehead atoms. The molecule has 2 rings (SSSR count). The van der Waals surface area contributed by atoms with Crippen molar-refractivity contribution >= 4 is 0 Å². The first-order valence-electron chi connectivity index (χ1n) is 8.46. The molecule has 1 heteroatoms. The van der Waals surface area contributed by atoms with Gasteiger partial charge in [-0.3, -0.25) is 0 Å². The number of hydrogen-bond acceptors (Lipinski definition) is 1. The molecule has 0 heterocycles. The summed E-state index contributed by atoms with van der Waals surface area (Å²) in [5.74, 6) is 2.82. The monoisotopic (exact) mass is 251 g/mol. The van der Waals surface area contributed by atoms with Crippen LogP contribution in [0.5, 0.6) is 0 Å². The van der Waals surface area contributed by atoms with E-state index in [1.54, 1.807) is 0 Å². The summed E-state index contributed by atoms with van der Waals surface area (Å²) in [6.45, 7) is 4.66. The normalized spacial score (nSPS) is 41.8. The molecule has 2 N–H and O–H groups in total. The van der Waals surface area contributed by atoms with E-state index in [9.17, 15) is 0 Å². The lowest BCUT2D eigenvalue weighted by Crippen LogP contribution is -2.50. The Balaban J connectivity index is 1.82. The summed E-state index contributed by atoms with van der Waals surface area (Å²) >= 11 is 0. The van der Waals surface area contributed by atoms with Gasteiger partial charge in [0.2, 0.25) is 0 Å². The second kappa shape index (κ2) is 6.41. The maximum Gasteiger partial charge on any atom is 0.0183 e. The van der Waals surface area contributed by atoms with E-state index in [1.165, 1.54) is 70.6 Å². The van der Waals surface area contributed by atoms with Crippen molar-refractivity contribution in [3.63, 3.8) is 0 Å². The highest BCUT2D eigenvalue weighted by molar-refractivity contribution is 4.96. The largest absolute Gasteiger partial charge is 0.325 e. The SMILES string of the molecule is CCCC1CCC(N)(C2CCC(CC)CC2)CC1. The third-order valence-electron chi connectivity index (χ3n) is 5.97. The molecule has 0 aromatic heterocycles. The van der Waals surface area contributed by atoms with E-state index >= 15 is 0 Å². The minimum Gasteiger partial charge on any atom is -0.325 e. The summed E-state index contributed by atoms with van der Waals surface area (Å²) in [5, 5.41) is 0. The fourth-order valence-electron chi connectivity index (χ4n) is 4.47. The highest BCUT2D eigenvalue weighted by Crippen LogP contribution is 2.43. The zero-order valence-electron chi connectivity index (χ0n) is 12.6. The second-order valence-electron chi connectivity index (χ2n) is 7.09. The molecule has 0 atom stereocenters. The van der Waals surface area contributed by atoms with Crippen molar-refractivity contribution < 1.29 is 0 Å². The molecule has 0 amide bonds. The van der Waals surface area contributed by atoms with E-state index in [1.807, 2.05) is 0 Å². The Morgan fingerprint density at radius 1 is 0.889 bits per heavy atom. The summed E-state index contributed by atoms with van der Waals surface area (Å²) in [6.07, 6.45) is 15.3. The highest BCUT2D eigenvalue weighted by Gasteiger charge is 2.39. The van der Waals surface area contributed by atoms with Crippen LogP contribution in [0.25, 0.3) is 0 Å². The fourth-order valence-corrected chi connectivity index (χ4v) is 4.47.